The van der Waals surface area contributed by atoms with Crippen LogP contribution in [0.25, 0.3) is 0 Å². The molecule has 1 amide bonds. The summed E-state index contributed by atoms with van der Waals surface area (Å²) in [4.78, 5) is 14.3. The highest BCUT2D eigenvalue weighted by Gasteiger charge is 2.23. The van der Waals surface area contributed by atoms with E-state index >= 15 is 0 Å². The van der Waals surface area contributed by atoms with Crippen LogP contribution in [0.3, 0.4) is 0 Å². The van der Waals surface area contributed by atoms with Crippen molar-refractivity contribution in [2.24, 2.45) is 0 Å². The number of amides is 1. The number of methoxy groups -OCH3 is 1. The molecular formula is C20H35NO2. The highest BCUT2D eigenvalue weighted by atomic mass is 16.5. The first kappa shape index (κ1) is 21.6. The van der Waals surface area contributed by atoms with E-state index in [1.165, 1.54) is 5.56 Å². The van der Waals surface area contributed by atoms with E-state index < -0.39 is 0 Å². The van der Waals surface area contributed by atoms with Crippen molar-refractivity contribution in [2.45, 2.75) is 66.4 Å². The van der Waals surface area contributed by atoms with Crippen molar-refractivity contribution in [3.05, 3.63) is 35.4 Å². The SMILES string of the molecule is CC.CC.COC1CCN(C(=O)c2ccc(C(C)C)cc2)CC1. The molecule has 0 bridgehead atoms. The lowest BCUT2D eigenvalue weighted by molar-refractivity contribution is 0.0351. The molecule has 1 aliphatic rings. The summed E-state index contributed by atoms with van der Waals surface area (Å²) in [6, 6.07) is 8.00. The Hall–Kier alpha value is -1.35. The number of carbonyl (C=O) groups is 1. The minimum Gasteiger partial charge on any atom is -0.381 e. The molecule has 0 aliphatic carbocycles. The maximum absolute atomic E-state index is 12.4. The molecule has 0 spiro atoms. The number of hydrogen-bond acceptors (Lipinski definition) is 2. The molecule has 3 nitrogen and oxygen atoms in total. The molecule has 23 heavy (non-hydrogen) atoms. The average molecular weight is 322 g/mol. The van der Waals surface area contributed by atoms with Gasteiger partial charge in [0.05, 0.1) is 6.10 Å². The number of hydrogen-bond donors (Lipinski definition) is 0. The molecule has 0 atom stereocenters. The molecular weight excluding hydrogens is 286 g/mol. The molecule has 0 N–H and O–H groups in total. The smallest absolute Gasteiger partial charge is 0.253 e. The standard InChI is InChI=1S/C16H23NO2.2C2H6/c1-12(2)13-4-6-14(7-5-13)16(18)17-10-8-15(19-3)9-11-17;2*1-2/h4-7,12,15H,8-11H2,1-3H3;2*1-2H3. The first-order chi connectivity index (χ1) is 11.1. The fourth-order valence-corrected chi connectivity index (χ4v) is 2.49. The Kier molecular flexibility index (Phi) is 11.4. The second-order valence-corrected chi connectivity index (χ2v) is 5.50. The average Bonchev–Trinajstić information content (AvgIpc) is 2.64. The Labute approximate surface area is 143 Å². The van der Waals surface area contributed by atoms with Crippen LogP contribution in [0.5, 0.6) is 0 Å². The number of benzene rings is 1. The predicted molar refractivity (Wildman–Crippen MR) is 99.2 cm³/mol. The first-order valence-corrected chi connectivity index (χ1v) is 9.04. The predicted octanol–water partition coefficient (Wildman–Crippen LogP) is 5.11. The third-order valence-corrected chi connectivity index (χ3v) is 3.89. The van der Waals surface area contributed by atoms with Gasteiger partial charge in [-0.2, -0.15) is 0 Å². The lowest BCUT2D eigenvalue weighted by Gasteiger charge is -2.31. The fraction of sp³-hybridized carbons (Fsp3) is 0.650. The minimum absolute atomic E-state index is 0.143. The number of likely N-dealkylation sites (tertiary alicyclic amines) is 1. The maximum atomic E-state index is 12.4. The van der Waals surface area contributed by atoms with Gasteiger partial charge in [0.2, 0.25) is 0 Å². The molecule has 0 unspecified atom stereocenters. The zero-order valence-electron chi connectivity index (χ0n) is 16.1. The van der Waals surface area contributed by atoms with Crippen LogP contribution in [0.15, 0.2) is 24.3 Å². The molecule has 2 rings (SSSR count). The summed E-state index contributed by atoms with van der Waals surface area (Å²) in [5, 5.41) is 0. The number of ether oxygens (including phenoxy) is 1. The van der Waals surface area contributed by atoms with Crippen molar-refractivity contribution in [3.63, 3.8) is 0 Å². The molecule has 1 aromatic rings. The Morgan fingerprint density at radius 3 is 1.91 bits per heavy atom. The van der Waals surface area contributed by atoms with E-state index in [2.05, 4.69) is 26.0 Å². The number of rotatable bonds is 3. The zero-order valence-corrected chi connectivity index (χ0v) is 16.1. The Morgan fingerprint density at radius 1 is 1.04 bits per heavy atom. The van der Waals surface area contributed by atoms with Crippen LogP contribution in [0, 0.1) is 0 Å². The lowest BCUT2D eigenvalue weighted by Crippen LogP contribution is -2.40. The van der Waals surface area contributed by atoms with Gasteiger partial charge in [0.25, 0.3) is 5.91 Å². The van der Waals surface area contributed by atoms with E-state index in [1.54, 1.807) is 7.11 Å². The molecule has 1 saturated heterocycles. The molecule has 3 heteroatoms. The number of nitrogens with zero attached hydrogens (tertiary/aromatic N) is 1. The van der Waals surface area contributed by atoms with Crippen LogP contribution in [0.1, 0.15) is 76.2 Å². The molecule has 1 fully saturated rings. The summed E-state index contributed by atoms with van der Waals surface area (Å²) >= 11 is 0. The Morgan fingerprint density at radius 2 is 1.52 bits per heavy atom. The summed E-state index contributed by atoms with van der Waals surface area (Å²) < 4.78 is 5.33. The third-order valence-electron chi connectivity index (χ3n) is 3.89. The van der Waals surface area contributed by atoms with Gasteiger partial charge in [-0.05, 0) is 36.5 Å². The molecule has 0 saturated carbocycles. The van der Waals surface area contributed by atoms with Crippen molar-refractivity contribution >= 4 is 5.91 Å². The van der Waals surface area contributed by atoms with E-state index in [0.717, 1.165) is 31.5 Å². The van der Waals surface area contributed by atoms with Gasteiger partial charge in [-0.1, -0.05) is 53.7 Å². The van der Waals surface area contributed by atoms with Crippen molar-refractivity contribution in [3.8, 4) is 0 Å². The Balaban J connectivity index is 0.00000112. The van der Waals surface area contributed by atoms with Crippen LogP contribution in [0.2, 0.25) is 0 Å². The van der Waals surface area contributed by atoms with Gasteiger partial charge in [-0.15, -0.1) is 0 Å². The highest BCUT2D eigenvalue weighted by molar-refractivity contribution is 5.94. The topological polar surface area (TPSA) is 29.5 Å². The fourth-order valence-electron chi connectivity index (χ4n) is 2.49. The van der Waals surface area contributed by atoms with Gasteiger partial charge >= 0.3 is 0 Å². The largest absolute Gasteiger partial charge is 0.381 e. The third kappa shape index (κ3) is 6.74. The highest BCUT2D eigenvalue weighted by Crippen LogP contribution is 2.18. The van der Waals surface area contributed by atoms with E-state index in [9.17, 15) is 4.79 Å². The molecule has 1 aromatic carbocycles. The monoisotopic (exact) mass is 321 g/mol. The van der Waals surface area contributed by atoms with Gasteiger partial charge in [0.1, 0.15) is 0 Å². The van der Waals surface area contributed by atoms with Gasteiger partial charge in [-0.3, -0.25) is 4.79 Å². The van der Waals surface area contributed by atoms with Gasteiger partial charge in [-0.25, -0.2) is 0 Å². The minimum atomic E-state index is 0.143. The normalized spacial score (nSPS) is 14.5. The summed E-state index contributed by atoms with van der Waals surface area (Å²) in [6.45, 7) is 13.9. The Bertz CT molecular complexity index is 418. The quantitative estimate of drug-likeness (QED) is 0.774. The summed E-state index contributed by atoms with van der Waals surface area (Å²) in [5.74, 6) is 0.645. The molecule has 132 valence electrons. The lowest BCUT2D eigenvalue weighted by atomic mass is 10.0. The summed E-state index contributed by atoms with van der Waals surface area (Å²) in [5.41, 5.74) is 2.06. The van der Waals surface area contributed by atoms with E-state index in [4.69, 9.17) is 4.74 Å². The second-order valence-electron chi connectivity index (χ2n) is 5.50. The molecule has 1 heterocycles. The van der Waals surface area contributed by atoms with Crippen molar-refractivity contribution in [2.75, 3.05) is 20.2 Å². The molecule has 0 aromatic heterocycles. The zero-order chi connectivity index (χ0) is 17.8. The summed E-state index contributed by atoms with van der Waals surface area (Å²) in [7, 11) is 1.74. The molecule has 0 radical (unpaired) electrons. The van der Waals surface area contributed by atoms with Crippen LogP contribution in [0.4, 0.5) is 0 Å². The van der Waals surface area contributed by atoms with E-state index in [0.29, 0.717) is 12.0 Å². The van der Waals surface area contributed by atoms with E-state index in [1.807, 2.05) is 44.7 Å². The van der Waals surface area contributed by atoms with E-state index in [-0.39, 0.29) is 5.91 Å². The van der Waals surface area contributed by atoms with Crippen LogP contribution in [-0.4, -0.2) is 37.1 Å². The van der Waals surface area contributed by atoms with Gasteiger partial charge < -0.3 is 9.64 Å². The molecule has 1 aliphatic heterocycles. The van der Waals surface area contributed by atoms with Gasteiger partial charge in [0, 0.05) is 25.8 Å². The maximum Gasteiger partial charge on any atom is 0.253 e. The van der Waals surface area contributed by atoms with Crippen molar-refractivity contribution < 1.29 is 9.53 Å². The van der Waals surface area contributed by atoms with Crippen molar-refractivity contribution in [1.29, 1.82) is 0 Å². The summed E-state index contributed by atoms with van der Waals surface area (Å²) in [6.07, 6.45) is 2.19. The van der Waals surface area contributed by atoms with Crippen LogP contribution in [-0.2, 0) is 4.74 Å². The second kappa shape index (κ2) is 12.1. The van der Waals surface area contributed by atoms with Crippen LogP contribution < -0.4 is 0 Å². The number of piperidine rings is 1. The van der Waals surface area contributed by atoms with Crippen LogP contribution >= 0.6 is 0 Å². The van der Waals surface area contributed by atoms with Gasteiger partial charge in [0.15, 0.2) is 0 Å². The first-order valence-electron chi connectivity index (χ1n) is 9.04. The van der Waals surface area contributed by atoms with Crippen molar-refractivity contribution in [1.82, 2.24) is 4.90 Å². The number of carbonyl (C=O) groups excluding carboxylic acids is 1.